The number of nitrogens with zero attached hydrogens (tertiary/aromatic N) is 3. The first-order valence-corrected chi connectivity index (χ1v) is 10.3. The van der Waals surface area contributed by atoms with Crippen LogP contribution in [0.2, 0.25) is 0 Å². The normalized spacial score (nSPS) is 21.4. The van der Waals surface area contributed by atoms with Gasteiger partial charge < -0.3 is 14.0 Å². The Morgan fingerprint density at radius 3 is 2.52 bits per heavy atom. The minimum atomic E-state index is -0.246. The molecule has 2 aliphatic rings. The van der Waals surface area contributed by atoms with Crippen molar-refractivity contribution < 1.29 is 4.79 Å². The number of rotatable bonds is 4. The molecule has 2 unspecified atom stereocenters. The molecule has 0 aliphatic carbocycles. The highest BCUT2D eigenvalue weighted by molar-refractivity contribution is 5.81. The number of amides is 1. The van der Waals surface area contributed by atoms with E-state index in [0.29, 0.717) is 25.4 Å². The fourth-order valence-corrected chi connectivity index (χ4v) is 5.00. The summed E-state index contributed by atoms with van der Waals surface area (Å²) in [5.41, 5.74) is 2.31. The molecule has 2 aromatic heterocycles. The molecule has 5 heteroatoms. The van der Waals surface area contributed by atoms with Crippen LogP contribution in [0.5, 0.6) is 0 Å². The number of fused-ring (bicyclic) bond motifs is 4. The molecule has 0 N–H and O–H groups in total. The maximum absolute atomic E-state index is 13.6. The lowest BCUT2D eigenvalue weighted by Gasteiger charge is -2.43. The lowest BCUT2D eigenvalue weighted by Crippen LogP contribution is -2.51. The zero-order valence-electron chi connectivity index (χ0n) is 16.4. The summed E-state index contributed by atoms with van der Waals surface area (Å²) < 4.78 is 3.94. The number of hydrogen-bond acceptors (Lipinski definition) is 2. The molecule has 2 aliphatic heterocycles. The number of carbonyl (C=O) groups excluding carboxylic acids is 1. The van der Waals surface area contributed by atoms with Crippen molar-refractivity contribution >= 4 is 5.91 Å². The molecular formula is C24H25N3O2. The van der Waals surface area contributed by atoms with Gasteiger partial charge >= 0.3 is 0 Å². The Kier molecular flexibility index (Phi) is 4.58. The minimum Gasteiger partial charge on any atom is -0.342 e. The van der Waals surface area contributed by atoms with E-state index in [4.69, 9.17) is 0 Å². The van der Waals surface area contributed by atoms with Gasteiger partial charge in [-0.3, -0.25) is 9.59 Å². The number of pyridine rings is 1. The van der Waals surface area contributed by atoms with Gasteiger partial charge in [-0.05, 0) is 36.1 Å². The van der Waals surface area contributed by atoms with E-state index in [9.17, 15) is 9.59 Å². The van der Waals surface area contributed by atoms with Crippen molar-refractivity contribution in [1.82, 2.24) is 14.0 Å². The van der Waals surface area contributed by atoms with Crippen molar-refractivity contribution in [2.24, 2.45) is 5.92 Å². The van der Waals surface area contributed by atoms with Crippen LogP contribution in [0.1, 0.15) is 29.6 Å². The maximum Gasteiger partial charge on any atom is 0.250 e. The predicted octanol–water partition coefficient (Wildman–Crippen LogP) is 3.08. The van der Waals surface area contributed by atoms with Crippen molar-refractivity contribution in [3.05, 3.63) is 94.7 Å². The SMILES string of the molecule is O=C([C@@H](Cc1ccccc1)n1cccc1)N1CC2CC(C1)c1cccc(=O)n1C2. The first kappa shape index (κ1) is 18.0. The smallest absolute Gasteiger partial charge is 0.250 e. The van der Waals surface area contributed by atoms with Crippen LogP contribution in [0, 0.1) is 5.92 Å². The van der Waals surface area contributed by atoms with E-state index < -0.39 is 0 Å². The third-order valence-electron chi connectivity index (χ3n) is 6.34. The summed E-state index contributed by atoms with van der Waals surface area (Å²) in [6.45, 7) is 2.12. The molecule has 1 amide bonds. The van der Waals surface area contributed by atoms with E-state index in [-0.39, 0.29) is 23.4 Å². The fourth-order valence-electron chi connectivity index (χ4n) is 5.00. The van der Waals surface area contributed by atoms with E-state index in [1.165, 1.54) is 0 Å². The van der Waals surface area contributed by atoms with Crippen LogP contribution in [-0.4, -0.2) is 33.0 Å². The maximum atomic E-state index is 13.6. The Morgan fingerprint density at radius 2 is 1.72 bits per heavy atom. The van der Waals surface area contributed by atoms with Gasteiger partial charge in [-0.2, -0.15) is 0 Å². The molecule has 0 spiro atoms. The number of aromatic nitrogens is 2. The molecule has 1 aromatic carbocycles. The average Bonchev–Trinajstić information content (AvgIpc) is 3.27. The Morgan fingerprint density at radius 1 is 0.931 bits per heavy atom. The van der Waals surface area contributed by atoms with Crippen LogP contribution in [0.15, 0.2) is 77.9 Å². The predicted molar refractivity (Wildman–Crippen MR) is 112 cm³/mol. The molecule has 29 heavy (non-hydrogen) atoms. The molecule has 0 radical (unpaired) electrons. The molecule has 5 nitrogen and oxygen atoms in total. The van der Waals surface area contributed by atoms with Crippen LogP contribution in [0.25, 0.3) is 0 Å². The van der Waals surface area contributed by atoms with Crippen molar-refractivity contribution in [2.75, 3.05) is 13.1 Å². The largest absolute Gasteiger partial charge is 0.342 e. The standard InChI is InChI=1S/C24H25N3O2/c28-23-10-6-9-21-20-13-19(16-27(21)23)15-26(17-20)24(29)22(25-11-4-5-12-25)14-18-7-2-1-3-8-18/h1-12,19-20,22H,13-17H2/t19?,20?,22-/m1/s1. The average molecular weight is 387 g/mol. The van der Waals surface area contributed by atoms with Crippen LogP contribution < -0.4 is 5.56 Å². The zero-order valence-corrected chi connectivity index (χ0v) is 16.4. The molecule has 3 aromatic rings. The molecule has 2 bridgehead atoms. The highest BCUT2D eigenvalue weighted by atomic mass is 16.2. The summed E-state index contributed by atoms with van der Waals surface area (Å²) >= 11 is 0. The molecule has 1 fully saturated rings. The van der Waals surface area contributed by atoms with Crippen molar-refractivity contribution in [3.8, 4) is 0 Å². The summed E-state index contributed by atoms with van der Waals surface area (Å²) in [6.07, 6.45) is 5.69. The first-order valence-electron chi connectivity index (χ1n) is 10.3. The van der Waals surface area contributed by atoms with E-state index in [1.807, 2.05) is 68.9 Å². The molecular weight excluding hydrogens is 362 g/mol. The summed E-state index contributed by atoms with van der Waals surface area (Å²) in [6, 6.07) is 19.4. The summed E-state index contributed by atoms with van der Waals surface area (Å²) in [7, 11) is 0. The van der Waals surface area contributed by atoms with Gasteiger partial charge in [0.1, 0.15) is 6.04 Å². The summed E-state index contributed by atoms with van der Waals surface area (Å²) in [4.78, 5) is 27.9. The van der Waals surface area contributed by atoms with Gasteiger partial charge in [-0.25, -0.2) is 0 Å². The molecule has 148 valence electrons. The molecule has 1 saturated heterocycles. The number of carbonyl (C=O) groups is 1. The van der Waals surface area contributed by atoms with Crippen molar-refractivity contribution in [1.29, 1.82) is 0 Å². The van der Waals surface area contributed by atoms with Crippen LogP contribution in [0.3, 0.4) is 0 Å². The topological polar surface area (TPSA) is 47.2 Å². The second-order valence-corrected chi connectivity index (χ2v) is 8.28. The van der Waals surface area contributed by atoms with Gasteiger partial charge in [-0.15, -0.1) is 0 Å². The quantitative estimate of drug-likeness (QED) is 0.691. The Labute approximate surface area is 170 Å². The zero-order chi connectivity index (χ0) is 19.8. The van der Waals surface area contributed by atoms with Crippen molar-refractivity contribution in [2.45, 2.75) is 31.3 Å². The third kappa shape index (κ3) is 3.41. The minimum absolute atomic E-state index is 0.0753. The lowest BCUT2D eigenvalue weighted by atomic mass is 9.83. The van der Waals surface area contributed by atoms with Gasteiger partial charge in [-0.1, -0.05) is 36.4 Å². The summed E-state index contributed by atoms with van der Waals surface area (Å²) in [5.74, 6) is 0.751. The first-order chi connectivity index (χ1) is 14.2. The molecule has 4 heterocycles. The molecule has 3 atom stereocenters. The number of benzene rings is 1. The van der Waals surface area contributed by atoms with E-state index in [2.05, 4.69) is 12.1 Å². The number of piperidine rings is 1. The van der Waals surface area contributed by atoms with Crippen molar-refractivity contribution in [3.63, 3.8) is 0 Å². The highest BCUT2D eigenvalue weighted by Gasteiger charge is 2.38. The molecule has 0 saturated carbocycles. The lowest BCUT2D eigenvalue weighted by molar-refractivity contribution is -0.137. The number of likely N-dealkylation sites (tertiary alicyclic amines) is 1. The van der Waals surface area contributed by atoms with Gasteiger partial charge in [0.25, 0.3) is 5.56 Å². The van der Waals surface area contributed by atoms with Crippen LogP contribution in [-0.2, 0) is 17.8 Å². The number of hydrogen-bond donors (Lipinski definition) is 0. The highest BCUT2D eigenvalue weighted by Crippen LogP contribution is 2.36. The Hall–Kier alpha value is -3.08. The monoisotopic (exact) mass is 387 g/mol. The molecule has 5 rings (SSSR count). The second-order valence-electron chi connectivity index (χ2n) is 8.28. The second kappa shape index (κ2) is 7.39. The Bertz CT molecular complexity index is 1060. The van der Waals surface area contributed by atoms with Gasteiger partial charge in [0.05, 0.1) is 0 Å². The van der Waals surface area contributed by atoms with Gasteiger partial charge in [0, 0.05) is 56.1 Å². The van der Waals surface area contributed by atoms with Crippen LogP contribution in [0.4, 0.5) is 0 Å². The Balaban J connectivity index is 1.42. The van der Waals surface area contributed by atoms with E-state index >= 15 is 0 Å². The summed E-state index contributed by atoms with van der Waals surface area (Å²) in [5, 5.41) is 0. The van der Waals surface area contributed by atoms with Gasteiger partial charge in [0.15, 0.2) is 0 Å². The fraction of sp³-hybridized carbons (Fsp3) is 0.333. The third-order valence-corrected chi connectivity index (χ3v) is 6.34. The van der Waals surface area contributed by atoms with E-state index in [1.54, 1.807) is 6.07 Å². The van der Waals surface area contributed by atoms with Crippen LogP contribution >= 0.6 is 0 Å². The van der Waals surface area contributed by atoms with Gasteiger partial charge in [0.2, 0.25) is 5.91 Å². The van der Waals surface area contributed by atoms with E-state index in [0.717, 1.165) is 24.2 Å².